The van der Waals surface area contributed by atoms with E-state index in [4.69, 9.17) is 14.2 Å². The van der Waals surface area contributed by atoms with E-state index in [0.29, 0.717) is 47.0 Å². The molecule has 51 heavy (non-hydrogen) atoms. The minimum atomic E-state index is -0.430. The van der Waals surface area contributed by atoms with Gasteiger partial charge < -0.3 is 30.2 Å². The molecule has 1 aliphatic carbocycles. The van der Waals surface area contributed by atoms with E-state index < -0.39 is 5.60 Å². The second-order valence-corrected chi connectivity index (χ2v) is 12.8. The maximum absolute atomic E-state index is 12.9. The Labute approximate surface area is 298 Å². The number of nitrogens with one attached hydrogen (secondary N) is 3. The monoisotopic (exact) mass is 694 g/mol. The summed E-state index contributed by atoms with van der Waals surface area (Å²) in [6, 6.07) is 20.6. The lowest BCUT2D eigenvalue weighted by Crippen LogP contribution is -2.33. The highest BCUT2D eigenvalue weighted by molar-refractivity contribution is 5.91. The standard InChI is InChI=1S/C39H46N6O6/c1-4-6-25-49-33(46)27-11-17-30(18-12-27)40-36-43-37(41-31-19-13-28(14-20-31)34(47)50-26-7-5-2)45-38(44-36)42-32-21-15-29(16-22-32)35(48)51-39(3)23-9-8-10-24-39/h11-22H,4-10,23-26H2,1-3H3,(H3,40,41,42,43,44,45). The molecule has 12 nitrogen and oxygen atoms in total. The largest absolute Gasteiger partial charge is 0.462 e. The number of unbranched alkanes of at least 4 members (excludes halogenated alkanes) is 2. The molecule has 1 fully saturated rings. The first-order valence-corrected chi connectivity index (χ1v) is 17.7. The van der Waals surface area contributed by atoms with E-state index in [2.05, 4.69) is 30.9 Å². The molecule has 0 radical (unpaired) electrons. The Morgan fingerprint density at radius 2 is 0.922 bits per heavy atom. The second-order valence-electron chi connectivity index (χ2n) is 12.8. The number of anilines is 6. The summed E-state index contributed by atoms with van der Waals surface area (Å²) in [4.78, 5) is 51.3. The van der Waals surface area contributed by atoms with Crippen LogP contribution in [-0.4, -0.2) is 51.7 Å². The van der Waals surface area contributed by atoms with Crippen LogP contribution in [-0.2, 0) is 14.2 Å². The van der Waals surface area contributed by atoms with Crippen LogP contribution in [0.5, 0.6) is 0 Å². The molecular formula is C39H46N6O6. The maximum atomic E-state index is 12.9. The molecule has 0 saturated heterocycles. The van der Waals surface area contributed by atoms with Crippen LogP contribution >= 0.6 is 0 Å². The predicted octanol–water partition coefficient (Wildman–Crippen LogP) is 8.90. The first-order valence-electron chi connectivity index (χ1n) is 17.7. The summed E-state index contributed by atoms with van der Waals surface area (Å²) in [5, 5.41) is 9.54. The number of nitrogens with zero attached hydrogens (tertiary/aromatic N) is 3. The van der Waals surface area contributed by atoms with Crippen molar-refractivity contribution in [2.75, 3.05) is 29.2 Å². The number of rotatable bonds is 16. The van der Waals surface area contributed by atoms with Crippen molar-refractivity contribution in [1.82, 2.24) is 15.0 Å². The molecule has 12 heteroatoms. The molecule has 0 spiro atoms. The summed E-state index contributed by atoms with van der Waals surface area (Å²) in [5.41, 5.74) is 2.84. The molecule has 3 aromatic carbocycles. The molecular weight excluding hydrogens is 648 g/mol. The third kappa shape index (κ3) is 11.0. The molecule has 1 saturated carbocycles. The zero-order chi connectivity index (χ0) is 36.1. The Morgan fingerprint density at radius 1 is 0.569 bits per heavy atom. The third-order valence-corrected chi connectivity index (χ3v) is 8.48. The Morgan fingerprint density at radius 3 is 1.27 bits per heavy atom. The van der Waals surface area contributed by atoms with E-state index in [-0.39, 0.29) is 35.8 Å². The Bertz CT molecular complexity index is 1670. The number of aromatic nitrogens is 3. The van der Waals surface area contributed by atoms with Gasteiger partial charge in [-0.15, -0.1) is 0 Å². The number of benzene rings is 3. The van der Waals surface area contributed by atoms with Crippen molar-refractivity contribution in [1.29, 1.82) is 0 Å². The van der Waals surface area contributed by atoms with E-state index in [1.165, 1.54) is 6.42 Å². The molecule has 0 amide bonds. The van der Waals surface area contributed by atoms with Gasteiger partial charge >= 0.3 is 17.9 Å². The summed E-state index contributed by atoms with van der Waals surface area (Å²) >= 11 is 0. The van der Waals surface area contributed by atoms with Crippen LogP contribution in [0.3, 0.4) is 0 Å². The van der Waals surface area contributed by atoms with Crippen molar-refractivity contribution in [3.8, 4) is 0 Å². The van der Waals surface area contributed by atoms with Gasteiger partial charge in [0.05, 0.1) is 29.9 Å². The lowest BCUT2D eigenvalue weighted by atomic mass is 9.86. The van der Waals surface area contributed by atoms with Gasteiger partial charge in [-0.3, -0.25) is 0 Å². The van der Waals surface area contributed by atoms with Crippen molar-refractivity contribution < 1.29 is 28.6 Å². The van der Waals surface area contributed by atoms with Crippen molar-refractivity contribution in [3.63, 3.8) is 0 Å². The number of hydrogen-bond donors (Lipinski definition) is 3. The quantitative estimate of drug-likeness (QED) is 0.0583. The van der Waals surface area contributed by atoms with Gasteiger partial charge in [0.2, 0.25) is 17.8 Å². The van der Waals surface area contributed by atoms with Gasteiger partial charge in [0.15, 0.2) is 0 Å². The predicted molar refractivity (Wildman–Crippen MR) is 196 cm³/mol. The summed E-state index contributed by atoms with van der Waals surface area (Å²) in [6.45, 7) is 6.83. The zero-order valence-corrected chi connectivity index (χ0v) is 29.5. The van der Waals surface area contributed by atoms with E-state index in [0.717, 1.165) is 51.4 Å². The summed E-state index contributed by atoms with van der Waals surface area (Å²) in [5.74, 6) is -0.417. The number of ether oxygens (including phenoxy) is 3. The first kappa shape index (κ1) is 36.8. The highest BCUT2D eigenvalue weighted by Gasteiger charge is 2.31. The Hall–Kier alpha value is -5.52. The summed E-state index contributed by atoms with van der Waals surface area (Å²) in [7, 11) is 0. The normalized spacial score (nSPS) is 13.5. The van der Waals surface area contributed by atoms with Gasteiger partial charge in [-0.1, -0.05) is 33.1 Å². The molecule has 4 aromatic rings. The fraction of sp³-hybridized carbons (Fsp3) is 0.385. The van der Waals surface area contributed by atoms with Crippen LogP contribution in [0.15, 0.2) is 72.8 Å². The maximum Gasteiger partial charge on any atom is 0.338 e. The molecule has 0 unspecified atom stereocenters. The number of carbonyl (C=O) groups excluding carboxylic acids is 3. The number of carbonyl (C=O) groups is 3. The van der Waals surface area contributed by atoms with Gasteiger partial charge in [0.1, 0.15) is 5.60 Å². The lowest BCUT2D eigenvalue weighted by molar-refractivity contribution is -0.0269. The molecule has 1 aliphatic rings. The smallest absolute Gasteiger partial charge is 0.338 e. The number of hydrogen-bond acceptors (Lipinski definition) is 12. The Kier molecular flexibility index (Phi) is 12.9. The SMILES string of the molecule is CCCCOC(=O)c1ccc(Nc2nc(Nc3ccc(C(=O)OCCCC)cc3)nc(Nc3ccc(C(=O)OC4(C)CCCCC4)cc3)n2)cc1. The minimum Gasteiger partial charge on any atom is -0.462 e. The fourth-order valence-corrected chi connectivity index (χ4v) is 5.47. The van der Waals surface area contributed by atoms with Crippen LogP contribution in [0.4, 0.5) is 34.9 Å². The molecule has 3 N–H and O–H groups in total. The third-order valence-electron chi connectivity index (χ3n) is 8.48. The van der Waals surface area contributed by atoms with E-state index in [9.17, 15) is 14.4 Å². The summed E-state index contributed by atoms with van der Waals surface area (Å²) in [6.07, 6.45) is 8.53. The molecule has 1 aromatic heterocycles. The molecule has 5 rings (SSSR count). The van der Waals surface area contributed by atoms with Gasteiger partial charge in [0.25, 0.3) is 0 Å². The van der Waals surface area contributed by atoms with E-state index in [1.54, 1.807) is 72.8 Å². The van der Waals surface area contributed by atoms with Crippen LogP contribution in [0.25, 0.3) is 0 Å². The first-order chi connectivity index (χ1) is 24.7. The molecule has 1 heterocycles. The van der Waals surface area contributed by atoms with E-state index in [1.807, 2.05) is 20.8 Å². The summed E-state index contributed by atoms with van der Waals surface area (Å²) < 4.78 is 16.5. The van der Waals surface area contributed by atoms with Gasteiger partial charge in [-0.05, 0) is 118 Å². The Balaban J connectivity index is 1.32. The van der Waals surface area contributed by atoms with Gasteiger partial charge in [0, 0.05) is 17.1 Å². The molecule has 268 valence electrons. The topological polar surface area (TPSA) is 154 Å². The number of esters is 3. The van der Waals surface area contributed by atoms with Crippen molar-refractivity contribution in [2.45, 2.75) is 84.2 Å². The highest BCUT2D eigenvalue weighted by atomic mass is 16.6. The van der Waals surface area contributed by atoms with Crippen LogP contribution in [0, 0.1) is 0 Å². The molecule has 0 atom stereocenters. The molecule has 0 aliphatic heterocycles. The van der Waals surface area contributed by atoms with Gasteiger partial charge in [-0.25, -0.2) is 14.4 Å². The van der Waals surface area contributed by atoms with Crippen molar-refractivity contribution in [2.24, 2.45) is 0 Å². The van der Waals surface area contributed by atoms with Crippen molar-refractivity contribution in [3.05, 3.63) is 89.5 Å². The highest BCUT2D eigenvalue weighted by Crippen LogP contribution is 2.32. The zero-order valence-electron chi connectivity index (χ0n) is 29.5. The second kappa shape index (κ2) is 17.9. The average Bonchev–Trinajstić information content (AvgIpc) is 3.12. The van der Waals surface area contributed by atoms with Gasteiger partial charge in [-0.2, -0.15) is 15.0 Å². The van der Waals surface area contributed by atoms with E-state index >= 15 is 0 Å². The fourth-order valence-electron chi connectivity index (χ4n) is 5.47. The van der Waals surface area contributed by atoms with Crippen molar-refractivity contribution >= 4 is 52.8 Å². The van der Waals surface area contributed by atoms with Crippen LogP contribution in [0.2, 0.25) is 0 Å². The average molecular weight is 695 g/mol. The van der Waals surface area contributed by atoms with Crippen LogP contribution in [0.1, 0.15) is 110 Å². The molecule has 0 bridgehead atoms. The lowest BCUT2D eigenvalue weighted by Gasteiger charge is -2.33. The minimum absolute atomic E-state index is 0.227. The van der Waals surface area contributed by atoms with Crippen LogP contribution < -0.4 is 16.0 Å².